The van der Waals surface area contributed by atoms with Crippen molar-refractivity contribution in [2.75, 3.05) is 11.9 Å². The molecular formula is C16H14N2O7. The molecule has 25 heavy (non-hydrogen) atoms. The Hall–Kier alpha value is -3.49. The number of benzene rings is 1. The second-order valence-corrected chi connectivity index (χ2v) is 4.87. The number of rotatable bonds is 7. The molecule has 0 atom stereocenters. The number of ether oxygens (including phenoxy) is 1. The van der Waals surface area contributed by atoms with Crippen LogP contribution in [0, 0.1) is 10.1 Å². The Morgan fingerprint density at radius 1 is 1.16 bits per heavy atom. The SMILES string of the molecule is CCC(=O)Nc1ccc(C(=O)COC(=O)c2ccc([N+](=O)[O-])o2)cc1. The summed E-state index contributed by atoms with van der Waals surface area (Å²) in [7, 11) is 0. The van der Waals surface area contributed by atoms with E-state index >= 15 is 0 Å². The van der Waals surface area contributed by atoms with Crippen molar-refractivity contribution in [3.63, 3.8) is 0 Å². The molecule has 1 heterocycles. The number of nitrogens with zero attached hydrogens (tertiary/aromatic N) is 1. The summed E-state index contributed by atoms with van der Waals surface area (Å²) in [5.74, 6) is -2.56. The summed E-state index contributed by atoms with van der Waals surface area (Å²) in [5.41, 5.74) is 0.830. The molecule has 0 aliphatic carbocycles. The molecule has 0 aliphatic rings. The second-order valence-electron chi connectivity index (χ2n) is 4.87. The highest BCUT2D eigenvalue weighted by molar-refractivity contribution is 5.99. The molecule has 0 aliphatic heterocycles. The van der Waals surface area contributed by atoms with Gasteiger partial charge in [0.1, 0.15) is 4.92 Å². The molecule has 0 saturated heterocycles. The highest BCUT2D eigenvalue weighted by atomic mass is 16.7. The number of Topliss-reactive ketones (excluding diaryl/α,β-unsaturated/α-hetero) is 1. The molecule has 1 amide bonds. The lowest BCUT2D eigenvalue weighted by atomic mass is 10.1. The molecule has 1 aromatic carbocycles. The van der Waals surface area contributed by atoms with Crippen LogP contribution >= 0.6 is 0 Å². The van der Waals surface area contributed by atoms with E-state index < -0.39 is 29.2 Å². The monoisotopic (exact) mass is 346 g/mol. The van der Waals surface area contributed by atoms with Crippen LogP contribution in [0.25, 0.3) is 0 Å². The molecule has 9 heteroatoms. The van der Waals surface area contributed by atoms with Gasteiger partial charge in [-0.05, 0) is 30.3 Å². The van der Waals surface area contributed by atoms with E-state index in [9.17, 15) is 24.5 Å². The van der Waals surface area contributed by atoms with E-state index in [1.807, 2.05) is 0 Å². The van der Waals surface area contributed by atoms with Crippen molar-refractivity contribution in [2.24, 2.45) is 0 Å². The number of nitrogens with one attached hydrogen (secondary N) is 1. The standard InChI is InChI=1S/C16H14N2O7/c1-2-14(20)17-11-5-3-10(4-6-11)12(19)9-24-16(21)13-7-8-15(25-13)18(22)23/h3-8H,2,9H2,1H3,(H,17,20). The number of esters is 1. The molecule has 0 spiro atoms. The Kier molecular flexibility index (Phi) is 5.62. The summed E-state index contributed by atoms with van der Waals surface area (Å²) in [6, 6.07) is 8.19. The third-order valence-corrected chi connectivity index (χ3v) is 3.12. The van der Waals surface area contributed by atoms with Crippen LogP contribution in [0.15, 0.2) is 40.8 Å². The van der Waals surface area contributed by atoms with E-state index in [2.05, 4.69) is 9.73 Å². The largest absolute Gasteiger partial charge is 0.451 e. The minimum absolute atomic E-state index is 0.152. The van der Waals surface area contributed by atoms with Gasteiger partial charge in [-0.1, -0.05) is 6.92 Å². The quantitative estimate of drug-likeness (QED) is 0.353. The summed E-state index contributed by atoms with van der Waals surface area (Å²) >= 11 is 0. The summed E-state index contributed by atoms with van der Waals surface area (Å²) < 4.78 is 9.46. The van der Waals surface area contributed by atoms with Crippen LogP contribution in [0.2, 0.25) is 0 Å². The Balaban J connectivity index is 1.91. The number of carbonyl (C=O) groups excluding carboxylic acids is 3. The summed E-state index contributed by atoms with van der Waals surface area (Å²) in [6.45, 7) is 1.17. The molecular weight excluding hydrogens is 332 g/mol. The van der Waals surface area contributed by atoms with E-state index in [0.29, 0.717) is 12.1 Å². The van der Waals surface area contributed by atoms with Crippen LogP contribution in [0.5, 0.6) is 0 Å². The van der Waals surface area contributed by atoms with E-state index in [0.717, 1.165) is 12.1 Å². The minimum Gasteiger partial charge on any atom is -0.451 e. The number of carbonyl (C=O) groups is 3. The number of nitro groups is 1. The molecule has 0 unspecified atom stereocenters. The Labute approximate surface area is 141 Å². The lowest BCUT2D eigenvalue weighted by Crippen LogP contribution is -2.14. The maximum absolute atomic E-state index is 12.0. The van der Waals surface area contributed by atoms with Crippen molar-refractivity contribution in [1.82, 2.24) is 0 Å². The van der Waals surface area contributed by atoms with Gasteiger partial charge in [0.25, 0.3) is 0 Å². The van der Waals surface area contributed by atoms with E-state index in [-0.39, 0.29) is 17.2 Å². The van der Waals surface area contributed by atoms with Crippen molar-refractivity contribution < 1.29 is 28.5 Å². The molecule has 9 nitrogen and oxygen atoms in total. The van der Waals surface area contributed by atoms with Gasteiger partial charge in [0.05, 0.1) is 6.07 Å². The third-order valence-electron chi connectivity index (χ3n) is 3.12. The molecule has 1 aromatic heterocycles. The van der Waals surface area contributed by atoms with Gasteiger partial charge in [-0.2, -0.15) is 0 Å². The Morgan fingerprint density at radius 2 is 1.84 bits per heavy atom. The number of ketones is 1. The topological polar surface area (TPSA) is 129 Å². The molecule has 1 N–H and O–H groups in total. The zero-order valence-electron chi connectivity index (χ0n) is 13.2. The average Bonchev–Trinajstić information content (AvgIpc) is 3.10. The first-order valence-electron chi connectivity index (χ1n) is 7.25. The van der Waals surface area contributed by atoms with E-state index in [4.69, 9.17) is 4.74 Å². The van der Waals surface area contributed by atoms with Crippen LogP contribution in [0.4, 0.5) is 11.6 Å². The first-order chi connectivity index (χ1) is 11.9. The van der Waals surface area contributed by atoms with Gasteiger partial charge in [-0.15, -0.1) is 0 Å². The summed E-state index contributed by atoms with van der Waals surface area (Å²) in [4.78, 5) is 44.6. The molecule has 0 radical (unpaired) electrons. The summed E-state index contributed by atoms with van der Waals surface area (Å²) in [5, 5.41) is 13.1. The lowest BCUT2D eigenvalue weighted by Gasteiger charge is -2.05. The van der Waals surface area contributed by atoms with Crippen molar-refractivity contribution in [1.29, 1.82) is 0 Å². The molecule has 2 rings (SSSR count). The number of hydrogen-bond acceptors (Lipinski definition) is 7. The Bertz CT molecular complexity index is 808. The molecule has 2 aromatic rings. The van der Waals surface area contributed by atoms with Crippen molar-refractivity contribution >= 4 is 29.2 Å². The second kappa shape index (κ2) is 7.86. The van der Waals surface area contributed by atoms with E-state index in [1.165, 1.54) is 12.1 Å². The molecule has 130 valence electrons. The fourth-order valence-corrected chi connectivity index (χ4v) is 1.81. The van der Waals surface area contributed by atoms with Crippen molar-refractivity contribution in [2.45, 2.75) is 13.3 Å². The van der Waals surface area contributed by atoms with Gasteiger partial charge in [0.15, 0.2) is 12.4 Å². The van der Waals surface area contributed by atoms with Crippen LogP contribution < -0.4 is 5.32 Å². The summed E-state index contributed by atoms with van der Waals surface area (Å²) in [6.07, 6.45) is 0.335. The first-order valence-corrected chi connectivity index (χ1v) is 7.25. The third kappa shape index (κ3) is 4.74. The van der Waals surface area contributed by atoms with Crippen LogP contribution in [-0.4, -0.2) is 29.2 Å². The maximum Gasteiger partial charge on any atom is 0.433 e. The molecule has 0 fully saturated rings. The zero-order valence-corrected chi connectivity index (χ0v) is 13.2. The normalized spacial score (nSPS) is 10.1. The van der Waals surface area contributed by atoms with Gasteiger partial charge in [-0.3, -0.25) is 19.7 Å². The van der Waals surface area contributed by atoms with Crippen molar-refractivity contribution in [3.8, 4) is 0 Å². The highest BCUT2D eigenvalue weighted by Gasteiger charge is 2.19. The number of amides is 1. The van der Waals surface area contributed by atoms with Crippen LogP contribution in [-0.2, 0) is 9.53 Å². The number of anilines is 1. The highest BCUT2D eigenvalue weighted by Crippen LogP contribution is 2.16. The first kappa shape index (κ1) is 17.9. The van der Waals surface area contributed by atoms with Gasteiger partial charge in [-0.25, -0.2) is 4.79 Å². The smallest absolute Gasteiger partial charge is 0.433 e. The minimum atomic E-state index is -0.978. The van der Waals surface area contributed by atoms with Gasteiger partial charge in [0.2, 0.25) is 11.7 Å². The predicted molar refractivity (Wildman–Crippen MR) is 85.3 cm³/mol. The lowest BCUT2D eigenvalue weighted by molar-refractivity contribution is -0.402. The van der Waals surface area contributed by atoms with Gasteiger partial charge < -0.3 is 14.5 Å². The number of furan rings is 1. The fourth-order valence-electron chi connectivity index (χ4n) is 1.81. The van der Waals surface area contributed by atoms with Gasteiger partial charge in [0, 0.05) is 17.7 Å². The van der Waals surface area contributed by atoms with Crippen LogP contribution in [0.3, 0.4) is 0 Å². The zero-order chi connectivity index (χ0) is 18.4. The van der Waals surface area contributed by atoms with Crippen molar-refractivity contribution in [3.05, 3.63) is 57.8 Å². The Morgan fingerprint density at radius 3 is 2.40 bits per heavy atom. The molecule has 0 saturated carbocycles. The fraction of sp³-hybridized carbons (Fsp3) is 0.188. The maximum atomic E-state index is 12.0. The van der Waals surface area contributed by atoms with E-state index in [1.54, 1.807) is 19.1 Å². The number of hydrogen-bond donors (Lipinski definition) is 1. The van der Waals surface area contributed by atoms with Gasteiger partial charge >= 0.3 is 11.9 Å². The average molecular weight is 346 g/mol. The molecule has 0 bridgehead atoms. The predicted octanol–water partition coefficient (Wildman–Crippen LogP) is 2.58. The van der Waals surface area contributed by atoms with Crippen LogP contribution in [0.1, 0.15) is 34.3 Å².